The summed E-state index contributed by atoms with van der Waals surface area (Å²) in [6.45, 7) is 5.58. The van der Waals surface area contributed by atoms with Gasteiger partial charge in [0, 0.05) is 56.4 Å². The molecule has 2 amide bonds. The van der Waals surface area contributed by atoms with Gasteiger partial charge >= 0.3 is 0 Å². The summed E-state index contributed by atoms with van der Waals surface area (Å²) in [5.74, 6) is 0.0833. The first kappa shape index (κ1) is 21.8. The van der Waals surface area contributed by atoms with Crippen LogP contribution in [0.4, 0.5) is 0 Å². The molecule has 5 nitrogen and oxygen atoms in total. The molecule has 6 heteroatoms. The number of hydrogen-bond acceptors (Lipinski definition) is 3. The Hall–Kier alpha value is -2.37. The van der Waals surface area contributed by atoms with E-state index in [4.69, 9.17) is 11.6 Å². The first-order valence-electron chi connectivity index (χ1n) is 11.2. The molecule has 0 saturated carbocycles. The van der Waals surface area contributed by atoms with Gasteiger partial charge in [0.1, 0.15) is 0 Å². The number of rotatable bonds is 4. The standard InChI is InChI=1S/C25H30ClN3O2/c26-23-11-9-21(10-12-23)24(30)29-14-4-8-22(19-29)25(31)28-15-5-13-27(16-17-28)18-20-6-2-1-3-7-20/h1-3,6-7,9-12,22H,4-5,8,13-19H2. The predicted octanol–water partition coefficient (Wildman–Crippen LogP) is 3.93. The molecule has 0 aliphatic carbocycles. The summed E-state index contributed by atoms with van der Waals surface area (Å²) in [5, 5.41) is 0.616. The van der Waals surface area contributed by atoms with Crippen LogP contribution in [0.5, 0.6) is 0 Å². The summed E-state index contributed by atoms with van der Waals surface area (Å²) >= 11 is 5.94. The number of hydrogen-bond donors (Lipinski definition) is 0. The van der Waals surface area contributed by atoms with Crippen LogP contribution >= 0.6 is 11.6 Å². The van der Waals surface area contributed by atoms with Crippen molar-refractivity contribution in [2.45, 2.75) is 25.8 Å². The Bertz CT molecular complexity index is 887. The molecule has 1 unspecified atom stereocenters. The summed E-state index contributed by atoms with van der Waals surface area (Å²) in [5.41, 5.74) is 1.94. The zero-order valence-corrected chi connectivity index (χ0v) is 18.6. The summed E-state index contributed by atoms with van der Waals surface area (Å²) in [7, 11) is 0. The molecule has 2 aromatic rings. The van der Waals surface area contributed by atoms with E-state index in [1.807, 2.05) is 15.9 Å². The zero-order valence-electron chi connectivity index (χ0n) is 17.9. The monoisotopic (exact) mass is 439 g/mol. The van der Waals surface area contributed by atoms with Crippen molar-refractivity contribution >= 4 is 23.4 Å². The van der Waals surface area contributed by atoms with E-state index < -0.39 is 0 Å². The Morgan fingerprint density at radius 1 is 0.839 bits per heavy atom. The Balaban J connectivity index is 1.33. The van der Waals surface area contributed by atoms with Gasteiger partial charge in [-0.15, -0.1) is 0 Å². The van der Waals surface area contributed by atoms with Crippen LogP contribution in [0.2, 0.25) is 5.02 Å². The second-order valence-electron chi connectivity index (χ2n) is 8.54. The van der Waals surface area contributed by atoms with Gasteiger partial charge in [-0.3, -0.25) is 14.5 Å². The maximum absolute atomic E-state index is 13.3. The molecule has 0 radical (unpaired) electrons. The molecule has 2 fully saturated rings. The highest BCUT2D eigenvalue weighted by Gasteiger charge is 2.32. The molecule has 0 bridgehead atoms. The largest absolute Gasteiger partial charge is 0.341 e. The van der Waals surface area contributed by atoms with Gasteiger partial charge in [0.05, 0.1) is 5.92 Å². The highest BCUT2D eigenvalue weighted by atomic mass is 35.5. The number of amides is 2. The molecule has 4 rings (SSSR count). The van der Waals surface area contributed by atoms with Crippen molar-refractivity contribution in [1.82, 2.24) is 14.7 Å². The van der Waals surface area contributed by atoms with Crippen LogP contribution in [-0.2, 0) is 11.3 Å². The predicted molar refractivity (Wildman–Crippen MR) is 123 cm³/mol. The van der Waals surface area contributed by atoms with E-state index >= 15 is 0 Å². The Morgan fingerprint density at radius 2 is 1.58 bits per heavy atom. The number of nitrogens with zero attached hydrogens (tertiary/aromatic N) is 3. The molecule has 2 heterocycles. The fourth-order valence-corrected chi connectivity index (χ4v) is 4.71. The summed E-state index contributed by atoms with van der Waals surface area (Å²) in [6, 6.07) is 17.5. The van der Waals surface area contributed by atoms with Gasteiger partial charge in [-0.05, 0) is 49.1 Å². The third-order valence-corrected chi connectivity index (χ3v) is 6.55. The van der Waals surface area contributed by atoms with Gasteiger partial charge in [0.15, 0.2) is 0 Å². The summed E-state index contributed by atoms with van der Waals surface area (Å²) < 4.78 is 0. The molecular formula is C25H30ClN3O2. The van der Waals surface area contributed by atoms with E-state index in [1.54, 1.807) is 24.3 Å². The van der Waals surface area contributed by atoms with Gasteiger partial charge in [-0.1, -0.05) is 41.9 Å². The maximum atomic E-state index is 13.3. The number of benzene rings is 2. The van der Waals surface area contributed by atoms with Crippen LogP contribution < -0.4 is 0 Å². The van der Waals surface area contributed by atoms with Crippen LogP contribution in [0, 0.1) is 5.92 Å². The molecule has 2 aliphatic rings. The first-order chi connectivity index (χ1) is 15.1. The number of carbonyl (C=O) groups is 2. The Kier molecular flexibility index (Phi) is 7.25. The number of piperidine rings is 1. The number of halogens is 1. The van der Waals surface area contributed by atoms with Crippen molar-refractivity contribution in [3.05, 3.63) is 70.7 Å². The molecule has 1 atom stereocenters. The lowest BCUT2D eigenvalue weighted by molar-refractivity contribution is -0.136. The second kappa shape index (κ2) is 10.3. The summed E-state index contributed by atoms with van der Waals surface area (Å²) in [4.78, 5) is 32.4. The van der Waals surface area contributed by atoms with Crippen LogP contribution in [0.1, 0.15) is 35.2 Å². The SMILES string of the molecule is O=C(c1ccc(Cl)cc1)N1CCCC(C(=O)N2CCCN(Cc3ccccc3)CC2)C1. The fourth-order valence-electron chi connectivity index (χ4n) is 4.59. The molecular weight excluding hydrogens is 410 g/mol. The molecule has 0 N–H and O–H groups in total. The molecule has 0 spiro atoms. The normalized spacial score (nSPS) is 20.4. The lowest BCUT2D eigenvalue weighted by Crippen LogP contribution is -2.47. The molecule has 2 aromatic carbocycles. The lowest BCUT2D eigenvalue weighted by atomic mass is 9.95. The van der Waals surface area contributed by atoms with Crippen LogP contribution in [-0.4, -0.2) is 65.8 Å². The lowest BCUT2D eigenvalue weighted by Gasteiger charge is -2.35. The molecule has 0 aromatic heterocycles. The first-order valence-corrected chi connectivity index (χ1v) is 11.6. The van der Waals surface area contributed by atoms with Crippen LogP contribution in [0.15, 0.2) is 54.6 Å². The van der Waals surface area contributed by atoms with Gasteiger partial charge in [-0.25, -0.2) is 0 Å². The van der Waals surface area contributed by atoms with Crippen molar-refractivity contribution in [3.63, 3.8) is 0 Å². The van der Waals surface area contributed by atoms with Crippen molar-refractivity contribution in [3.8, 4) is 0 Å². The van der Waals surface area contributed by atoms with E-state index in [2.05, 4.69) is 29.2 Å². The average Bonchev–Trinajstić information content (AvgIpc) is 3.05. The van der Waals surface area contributed by atoms with E-state index in [0.717, 1.165) is 52.0 Å². The van der Waals surface area contributed by atoms with Crippen molar-refractivity contribution in [1.29, 1.82) is 0 Å². The third-order valence-electron chi connectivity index (χ3n) is 6.30. The van der Waals surface area contributed by atoms with Gasteiger partial charge in [0.25, 0.3) is 5.91 Å². The minimum atomic E-state index is -0.106. The quantitative estimate of drug-likeness (QED) is 0.725. The highest BCUT2D eigenvalue weighted by molar-refractivity contribution is 6.30. The van der Waals surface area contributed by atoms with Gasteiger partial charge in [0.2, 0.25) is 5.91 Å². The topological polar surface area (TPSA) is 43.9 Å². The van der Waals surface area contributed by atoms with Crippen LogP contribution in [0.3, 0.4) is 0 Å². The van der Waals surface area contributed by atoms with Gasteiger partial charge < -0.3 is 9.80 Å². The molecule has 2 saturated heterocycles. The Morgan fingerprint density at radius 3 is 2.35 bits per heavy atom. The average molecular weight is 440 g/mol. The minimum absolute atomic E-state index is 0.0148. The number of likely N-dealkylation sites (tertiary alicyclic amines) is 1. The van der Waals surface area contributed by atoms with Crippen LogP contribution in [0.25, 0.3) is 0 Å². The summed E-state index contributed by atoms with van der Waals surface area (Å²) in [6.07, 6.45) is 2.70. The molecule has 31 heavy (non-hydrogen) atoms. The van der Waals surface area contributed by atoms with Crippen molar-refractivity contribution in [2.24, 2.45) is 5.92 Å². The smallest absolute Gasteiger partial charge is 0.253 e. The van der Waals surface area contributed by atoms with E-state index in [-0.39, 0.29) is 17.7 Å². The molecule has 164 valence electrons. The second-order valence-corrected chi connectivity index (χ2v) is 8.97. The van der Waals surface area contributed by atoms with Crippen molar-refractivity contribution in [2.75, 3.05) is 39.3 Å². The van der Waals surface area contributed by atoms with Crippen molar-refractivity contribution < 1.29 is 9.59 Å². The van der Waals surface area contributed by atoms with E-state index in [1.165, 1.54) is 5.56 Å². The highest BCUT2D eigenvalue weighted by Crippen LogP contribution is 2.22. The fraction of sp³-hybridized carbons (Fsp3) is 0.440. The maximum Gasteiger partial charge on any atom is 0.253 e. The van der Waals surface area contributed by atoms with E-state index in [0.29, 0.717) is 23.7 Å². The van der Waals surface area contributed by atoms with E-state index in [9.17, 15) is 9.59 Å². The Labute approximate surface area is 189 Å². The number of carbonyl (C=O) groups excluding carboxylic acids is 2. The van der Waals surface area contributed by atoms with Gasteiger partial charge in [-0.2, -0.15) is 0 Å². The molecule has 2 aliphatic heterocycles. The minimum Gasteiger partial charge on any atom is -0.341 e. The third kappa shape index (κ3) is 5.66. The zero-order chi connectivity index (χ0) is 21.6.